The van der Waals surface area contributed by atoms with Crippen LogP contribution in [-0.2, 0) is 14.3 Å². The van der Waals surface area contributed by atoms with Gasteiger partial charge in [0.1, 0.15) is 0 Å². The Morgan fingerprint density at radius 3 is 2.22 bits per heavy atom. The number of hydrogen-bond acceptors (Lipinski definition) is 5. The molecule has 1 unspecified atom stereocenters. The molecule has 0 heterocycles. The van der Waals surface area contributed by atoms with Crippen molar-refractivity contribution in [1.29, 1.82) is 0 Å². The summed E-state index contributed by atoms with van der Waals surface area (Å²) in [4.78, 5) is 36.0. The molecule has 1 aromatic carbocycles. The van der Waals surface area contributed by atoms with E-state index < -0.39 is 18.0 Å². The lowest BCUT2D eigenvalue weighted by Gasteiger charge is -2.17. The van der Waals surface area contributed by atoms with Gasteiger partial charge < -0.3 is 14.8 Å². The van der Waals surface area contributed by atoms with E-state index in [1.54, 1.807) is 12.1 Å². The smallest absolute Gasteiger partial charge is 0.339 e. The van der Waals surface area contributed by atoms with E-state index in [4.69, 9.17) is 4.74 Å². The minimum atomic E-state index is -0.922. The van der Waals surface area contributed by atoms with Gasteiger partial charge in [0, 0.05) is 6.04 Å². The highest BCUT2D eigenvalue weighted by Gasteiger charge is 2.25. The van der Waals surface area contributed by atoms with Crippen LogP contribution in [0, 0.1) is 0 Å². The third-order valence-electron chi connectivity index (χ3n) is 3.91. The lowest BCUT2D eigenvalue weighted by atomic mass is 10.1. The fourth-order valence-corrected chi connectivity index (χ4v) is 2.62. The molecule has 0 aromatic heterocycles. The lowest BCUT2D eigenvalue weighted by molar-refractivity contribution is -0.129. The van der Waals surface area contributed by atoms with E-state index in [1.165, 1.54) is 26.2 Å². The predicted octanol–water partition coefficient (Wildman–Crippen LogP) is 2.08. The first-order valence-electron chi connectivity index (χ1n) is 7.71. The molecule has 1 amide bonds. The van der Waals surface area contributed by atoms with E-state index >= 15 is 0 Å². The largest absolute Gasteiger partial charge is 0.465 e. The number of hydrogen-bond donors (Lipinski definition) is 1. The summed E-state index contributed by atoms with van der Waals surface area (Å²) < 4.78 is 9.83. The number of benzene rings is 1. The van der Waals surface area contributed by atoms with Crippen LogP contribution >= 0.6 is 0 Å². The molecule has 1 atom stereocenters. The molecule has 124 valence electrons. The quantitative estimate of drug-likeness (QED) is 0.840. The van der Waals surface area contributed by atoms with Crippen LogP contribution in [0.5, 0.6) is 0 Å². The highest BCUT2D eigenvalue weighted by atomic mass is 16.5. The van der Waals surface area contributed by atoms with Crippen molar-refractivity contribution in [2.75, 3.05) is 7.11 Å². The normalized spacial score (nSPS) is 15.7. The van der Waals surface area contributed by atoms with Crippen LogP contribution in [0.25, 0.3) is 0 Å². The van der Waals surface area contributed by atoms with Gasteiger partial charge >= 0.3 is 11.9 Å². The number of carbonyl (C=O) groups is 3. The molecule has 1 aliphatic carbocycles. The van der Waals surface area contributed by atoms with Gasteiger partial charge in [0.25, 0.3) is 5.91 Å². The first-order valence-corrected chi connectivity index (χ1v) is 7.71. The molecule has 0 saturated heterocycles. The number of amides is 1. The summed E-state index contributed by atoms with van der Waals surface area (Å²) in [6, 6.07) is 6.35. The number of esters is 2. The number of rotatable bonds is 5. The standard InChI is InChI=1S/C17H21NO5/c1-11(15(19)18-12-7-3-4-8-12)23-17(21)14-10-6-5-9-13(14)16(20)22-2/h5-6,9-12H,3-4,7-8H2,1-2H3,(H,18,19). The van der Waals surface area contributed by atoms with Gasteiger partial charge in [-0.05, 0) is 31.9 Å². The summed E-state index contributed by atoms with van der Waals surface area (Å²) in [5.74, 6) is -1.67. The summed E-state index contributed by atoms with van der Waals surface area (Å²) in [5, 5.41) is 2.88. The Hall–Kier alpha value is -2.37. The van der Waals surface area contributed by atoms with Crippen molar-refractivity contribution in [1.82, 2.24) is 5.32 Å². The highest BCUT2D eigenvalue weighted by molar-refractivity contribution is 6.03. The molecule has 6 nitrogen and oxygen atoms in total. The van der Waals surface area contributed by atoms with Crippen molar-refractivity contribution in [2.45, 2.75) is 44.8 Å². The van der Waals surface area contributed by atoms with Gasteiger partial charge in [0.05, 0.1) is 18.2 Å². The molecular formula is C17H21NO5. The minimum absolute atomic E-state index is 0.0832. The minimum Gasteiger partial charge on any atom is -0.465 e. The van der Waals surface area contributed by atoms with Gasteiger partial charge in [-0.15, -0.1) is 0 Å². The van der Waals surface area contributed by atoms with Crippen molar-refractivity contribution >= 4 is 17.8 Å². The first-order chi connectivity index (χ1) is 11.0. The molecule has 23 heavy (non-hydrogen) atoms. The van der Waals surface area contributed by atoms with Crippen molar-refractivity contribution in [3.63, 3.8) is 0 Å². The zero-order valence-electron chi connectivity index (χ0n) is 13.3. The van der Waals surface area contributed by atoms with E-state index in [9.17, 15) is 14.4 Å². The molecule has 1 aliphatic rings. The summed E-state index contributed by atoms with van der Waals surface area (Å²) in [6.07, 6.45) is 3.20. The number of nitrogens with one attached hydrogen (secondary N) is 1. The third kappa shape index (κ3) is 4.31. The predicted molar refractivity (Wildman–Crippen MR) is 83.1 cm³/mol. The summed E-state index contributed by atoms with van der Waals surface area (Å²) in [6.45, 7) is 1.52. The fourth-order valence-electron chi connectivity index (χ4n) is 2.62. The van der Waals surface area contributed by atoms with Crippen LogP contribution in [-0.4, -0.2) is 37.1 Å². The van der Waals surface area contributed by atoms with Crippen molar-refractivity contribution in [2.24, 2.45) is 0 Å². The number of ether oxygens (including phenoxy) is 2. The molecule has 1 fully saturated rings. The van der Waals surface area contributed by atoms with Crippen LogP contribution in [0.2, 0.25) is 0 Å². The fraction of sp³-hybridized carbons (Fsp3) is 0.471. The van der Waals surface area contributed by atoms with Gasteiger partial charge in [-0.25, -0.2) is 9.59 Å². The van der Waals surface area contributed by atoms with Crippen LogP contribution in [0.1, 0.15) is 53.3 Å². The molecule has 0 aliphatic heterocycles. The maximum Gasteiger partial charge on any atom is 0.339 e. The Morgan fingerprint density at radius 2 is 1.65 bits per heavy atom. The Balaban J connectivity index is 2.00. The zero-order chi connectivity index (χ0) is 16.8. The maximum absolute atomic E-state index is 12.2. The molecule has 1 aromatic rings. The monoisotopic (exact) mass is 319 g/mol. The lowest BCUT2D eigenvalue weighted by Crippen LogP contribution is -2.41. The number of methoxy groups -OCH3 is 1. The molecule has 0 radical (unpaired) electrons. The second kappa shape index (κ2) is 7.76. The molecule has 0 bridgehead atoms. The van der Waals surface area contributed by atoms with Gasteiger partial charge in [0.2, 0.25) is 0 Å². The SMILES string of the molecule is COC(=O)c1ccccc1C(=O)OC(C)C(=O)NC1CCCC1. The van der Waals surface area contributed by atoms with Crippen LogP contribution in [0.3, 0.4) is 0 Å². The summed E-state index contributed by atoms with van der Waals surface area (Å²) in [5.41, 5.74) is 0.197. The summed E-state index contributed by atoms with van der Waals surface area (Å²) in [7, 11) is 1.24. The van der Waals surface area contributed by atoms with Gasteiger partial charge in [-0.3, -0.25) is 4.79 Å². The van der Waals surface area contributed by atoms with Gasteiger partial charge in [-0.1, -0.05) is 25.0 Å². The first kappa shape index (κ1) is 17.0. The van der Waals surface area contributed by atoms with Crippen molar-refractivity contribution in [3.8, 4) is 0 Å². The molecule has 1 saturated carbocycles. The average molecular weight is 319 g/mol. The molecule has 1 N–H and O–H groups in total. The summed E-state index contributed by atoms with van der Waals surface area (Å²) >= 11 is 0. The Kier molecular flexibility index (Phi) is 5.73. The van der Waals surface area contributed by atoms with E-state index in [-0.39, 0.29) is 23.1 Å². The second-order valence-electron chi connectivity index (χ2n) is 5.57. The molecule has 6 heteroatoms. The zero-order valence-corrected chi connectivity index (χ0v) is 13.3. The Bertz CT molecular complexity index is 592. The van der Waals surface area contributed by atoms with Gasteiger partial charge in [-0.2, -0.15) is 0 Å². The second-order valence-corrected chi connectivity index (χ2v) is 5.57. The van der Waals surface area contributed by atoms with E-state index in [2.05, 4.69) is 10.1 Å². The Morgan fingerprint density at radius 1 is 1.09 bits per heavy atom. The van der Waals surface area contributed by atoms with Gasteiger partial charge in [0.15, 0.2) is 6.10 Å². The molecule has 2 rings (SSSR count). The van der Waals surface area contributed by atoms with E-state index in [0.717, 1.165) is 25.7 Å². The topological polar surface area (TPSA) is 81.7 Å². The average Bonchev–Trinajstić information content (AvgIpc) is 3.06. The van der Waals surface area contributed by atoms with Crippen LogP contribution < -0.4 is 5.32 Å². The van der Waals surface area contributed by atoms with Crippen LogP contribution in [0.4, 0.5) is 0 Å². The van der Waals surface area contributed by atoms with E-state index in [0.29, 0.717) is 0 Å². The van der Waals surface area contributed by atoms with Crippen LogP contribution in [0.15, 0.2) is 24.3 Å². The van der Waals surface area contributed by atoms with Crippen molar-refractivity contribution < 1.29 is 23.9 Å². The Labute approximate surface area is 135 Å². The van der Waals surface area contributed by atoms with E-state index in [1.807, 2.05) is 0 Å². The highest BCUT2D eigenvalue weighted by Crippen LogP contribution is 2.18. The number of carbonyl (C=O) groups excluding carboxylic acids is 3. The maximum atomic E-state index is 12.2. The molecule has 0 spiro atoms. The van der Waals surface area contributed by atoms with Crippen molar-refractivity contribution in [3.05, 3.63) is 35.4 Å². The molecular weight excluding hydrogens is 298 g/mol. The third-order valence-corrected chi connectivity index (χ3v) is 3.91.